The molecule has 2 aliphatic rings. The Hall–Kier alpha value is -4.50. The SMILES string of the molecule is CCOc1cc(C=C2C(=N)N3C(c4ccccc4)=CSC3=NC2=O)ccc1OCCOc1cccc(OC)c1. The molecule has 5 rings (SSSR count). The number of amidine groups is 2. The Morgan fingerprint density at radius 1 is 0.923 bits per heavy atom. The van der Waals surface area contributed by atoms with E-state index in [1.807, 2.05) is 73.0 Å². The molecule has 1 N–H and O–H groups in total. The first-order chi connectivity index (χ1) is 19.1. The molecule has 0 saturated heterocycles. The minimum atomic E-state index is -0.450. The van der Waals surface area contributed by atoms with Crippen LogP contribution in [0.5, 0.6) is 23.0 Å². The molecule has 39 heavy (non-hydrogen) atoms. The Labute approximate surface area is 231 Å². The Balaban J connectivity index is 1.31. The van der Waals surface area contributed by atoms with Gasteiger partial charge >= 0.3 is 0 Å². The van der Waals surface area contributed by atoms with E-state index in [1.54, 1.807) is 30.2 Å². The number of carbonyl (C=O) groups is 1. The van der Waals surface area contributed by atoms with Crippen LogP contribution >= 0.6 is 11.8 Å². The van der Waals surface area contributed by atoms with Gasteiger partial charge in [0.05, 0.1) is 25.0 Å². The van der Waals surface area contributed by atoms with Gasteiger partial charge in [-0.2, -0.15) is 4.99 Å². The van der Waals surface area contributed by atoms with Crippen LogP contribution in [0.15, 0.2) is 88.8 Å². The molecule has 0 unspecified atom stereocenters. The third kappa shape index (κ3) is 5.83. The van der Waals surface area contributed by atoms with Crippen molar-refractivity contribution in [3.63, 3.8) is 0 Å². The number of hydrogen-bond donors (Lipinski definition) is 1. The number of fused-ring (bicyclic) bond motifs is 1. The van der Waals surface area contributed by atoms with Crippen LogP contribution in [0.3, 0.4) is 0 Å². The van der Waals surface area contributed by atoms with E-state index < -0.39 is 5.91 Å². The van der Waals surface area contributed by atoms with Crippen LogP contribution < -0.4 is 18.9 Å². The van der Waals surface area contributed by atoms with Gasteiger partial charge in [-0.1, -0.05) is 54.2 Å². The molecule has 0 atom stereocenters. The lowest BCUT2D eigenvalue weighted by atomic mass is 10.1. The highest BCUT2D eigenvalue weighted by Gasteiger charge is 2.36. The smallest absolute Gasteiger partial charge is 0.283 e. The molecule has 9 heteroatoms. The monoisotopic (exact) mass is 541 g/mol. The number of aliphatic imine (C=N–C) groups is 1. The predicted octanol–water partition coefficient (Wildman–Crippen LogP) is 5.86. The highest BCUT2D eigenvalue weighted by atomic mass is 32.2. The first kappa shape index (κ1) is 26.1. The van der Waals surface area contributed by atoms with Gasteiger partial charge in [-0.15, -0.1) is 0 Å². The Bertz CT molecular complexity index is 1480. The van der Waals surface area contributed by atoms with Gasteiger partial charge in [0, 0.05) is 11.5 Å². The third-order valence-electron chi connectivity index (χ3n) is 5.91. The maximum atomic E-state index is 12.9. The van der Waals surface area contributed by atoms with E-state index in [4.69, 9.17) is 24.4 Å². The van der Waals surface area contributed by atoms with Crippen LogP contribution in [0.1, 0.15) is 18.1 Å². The number of rotatable bonds is 10. The lowest BCUT2D eigenvalue weighted by molar-refractivity contribution is -0.114. The largest absolute Gasteiger partial charge is 0.497 e. The summed E-state index contributed by atoms with van der Waals surface area (Å²) in [6.07, 6.45) is 1.66. The Morgan fingerprint density at radius 3 is 2.51 bits per heavy atom. The van der Waals surface area contributed by atoms with Crippen molar-refractivity contribution < 1.29 is 23.7 Å². The molecular weight excluding hydrogens is 514 g/mol. The topological polar surface area (TPSA) is 93.4 Å². The van der Waals surface area contributed by atoms with E-state index in [2.05, 4.69) is 4.99 Å². The fourth-order valence-electron chi connectivity index (χ4n) is 4.09. The number of nitrogens with one attached hydrogen (secondary N) is 1. The van der Waals surface area contributed by atoms with E-state index >= 15 is 0 Å². The number of ether oxygens (including phenoxy) is 4. The van der Waals surface area contributed by atoms with E-state index in [-0.39, 0.29) is 11.4 Å². The van der Waals surface area contributed by atoms with E-state index in [0.29, 0.717) is 47.8 Å². The van der Waals surface area contributed by atoms with Gasteiger partial charge in [0.25, 0.3) is 5.91 Å². The van der Waals surface area contributed by atoms with Crippen molar-refractivity contribution in [2.75, 3.05) is 26.9 Å². The molecule has 2 heterocycles. The van der Waals surface area contributed by atoms with Crippen molar-refractivity contribution >= 4 is 40.4 Å². The van der Waals surface area contributed by atoms with E-state index in [0.717, 1.165) is 17.0 Å². The van der Waals surface area contributed by atoms with Gasteiger partial charge in [0.2, 0.25) is 0 Å². The zero-order valence-corrected chi connectivity index (χ0v) is 22.4. The first-order valence-electron chi connectivity index (χ1n) is 12.4. The highest BCUT2D eigenvalue weighted by molar-refractivity contribution is 8.17. The molecule has 0 fully saturated rings. The Morgan fingerprint density at radius 2 is 1.72 bits per heavy atom. The van der Waals surface area contributed by atoms with Gasteiger partial charge in [0.1, 0.15) is 30.5 Å². The minimum absolute atomic E-state index is 0.0816. The summed E-state index contributed by atoms with van der Waals surface area (Å²) in [6.45, 7) is 2.97. The van der Waals surface area contributed by atoms with Gasteiger partial charge in [-0.05, 0) is 48.4 Å². The third-order valence-corrected chi connectivity index (χ3v) is 6.74. The molecule has 2 aliphatic heterocycles. The molecular formula is C30H27N3O5S. The predicted molar refractivity (Wildman–Crippen MR) is 154 cm³/mol. The van der Waals surface area contributed by atoms with Crippen LogP contribution in [-0.2, 0) is 4.79 Å². The first-order valence-corrected chi connectivity index (χ1v) is 13.3. The van der Waals surface area contributed by atoms with Crippen molar-refractivity contribution in [2.24, 2.45) is 4.99 Å². The van der Waals surface area contributed by atoms with Gasteiger partial charge in [0.15, 0.2) is 16.7 Å². The normalized spacial score (nSPS) is 15.5. The molecule has 0 saturated carbocycles. The van der Waals surface area contributed by atoms with Crippen LogP contribution in [0.4, 0.5) is 0 Å². The molecule has 8 nitrogen and oxygen atoms in total. The van der Waals surface area contributed by atoms with E-state index in [9.17, 15) is 4.79 Å². The molecule has 1 amide bonds. The number of methoxy groups -OCH3 is 1. The van der Waals surface area contributed by atoms with Crippen LogP contribution in [0.25, 0.3) is 11.8 Å². The van der Waals surface area contributed by atoms with E-state index in [1.165, 1.54) is 11.8 Å². The summed E-state index contributed by atoms with van der Waals surface area (Å²) in [4.78, 5) is 18.8. The maximum Gasteiger partial charge on any atom is 0.283 e. The summed E-state index contributed by atoms with van der Waals surface area (Å²) in [6, 6.07) is 22.5. The van der Waals surface area contributed by atoms with Crippen molar-refractivity contribution in [1.29, 1.82) is 5.41 Å². The molecule has 3 aromatic rings. The zero-order chi connectivity index (χ0) is 27.2. The lowest BCUT2D eigenvalue weighted by Crippen LogP contribution is -2.38. The molecule has 0 aliphatic carbocycles. The van der Waals surface area contributed by atoms with Gasteiger partial charge < -0.3 is 18.9 Å². The van der Waals surface area contributed by atoms with Crippen LogP contribution in [0.2, 0.25) is 0 Å². The average molecular weight is 542 g/mol. The molecule has 0 bridgehead atoms. The Kier molecular flexibility index (Phi) is 7.98. The molecule has 0 radical (unpaired) electrons. The summed E-state index contributed by atoms with van der Waals surface area (Å²) in [5.41, 5.74) is 2.66. The lowest BCUT2D eigenvalue weighted by Gasteiger charge is -2.27. The number of hydrogen-bond acceptors (Lipinski definition) is 7. The van der Waals surface area contributed by atoms with Crippen molar-refractivity contribution in [3.8, 4) is 23.0 Å². The van der Waals surface area contributed by atoms with Crippen molar-refractivity contribution in [3.05, 3.63) is 94.9 Å². The fraction of sp³-hybridized carbons (Fsp3) is 0.167. The fourth-order valence-corrected chi connectivity index (χ4v) is 4.97. The molecule has 3 aromatic carbocycles. The van der Waals surface area contributed by atoms with Crippen LogP contribution in [0, 0.1) is 5.41 Å². The second kappa shape index (κ2) is 11.9. The standard InChI is InChI=1S/C30H27N3O5S/c1-3-36-27-17-20(12-13-26(27)38-15-14-37-23-11-7-10-22(18-23)35-2)16-24-28(31)33-25(21-8-5-4-6-9-21)19-39-30(33)32-29(24)34/h4-13,16-19,31H,3,14-15H2,1-2H3. The summed E-state index contributed by atoms with van der Waals surface area (Å²) in [7, 11) is 1.61. The zero-order valence-electron chi connectivity index (χ0n) is 21.5. The quantitative estimate of drug-likeness (QED) is 0.254. The molecule has 198 valence electrons. The number of nitrogens with zero attached hydrogens (tertiary/aromatic N) is 2. The number of amides is 1. The van der Waals surface area contributed by atoms with Gasteiger partial charge in [-0.3, -0.25) is 15.1 Å². The highest BCUT2D eigenvalue weighted by Crippen LogP contribution is 2.38. The second-order valence-corrected chi connectivity index (χ2v) is 9.28. The summed E-state index contributed by atoms with van der Waals surface area (Å²) < 4.78 is 22.7. The van der Waals surface area contributed by atoms with Crippen molar-refractivity contribution in [1.82, 2.24) is 4.90 Å². The van der Waals surface area contributed by atoms with Crippen LogP contribution in [-0.4, -0.2) is 48.7 Å². The summed E-state index contributed by atoms with van der Waals surface area (Å²) in [5, 5.41) is 11.2. The number of thioether (sulfide) groups is 1. The average Bonchev–Trinajstić information content (AvgIpc) is 3.39. The molecule has 0 aromatic heterocycles. The number of benzene rings is 3. The summed E-state index contributed by atoms with van der Waals surface area (Å²) in [5.74, 6) is 2.14. The maximum absolute atomic E-state index is 12.9. The summed E-state index contributed by atoms with van der Waals surface area (Å²) >= 11 is 1.34. The van der Waals surface area contributed by atoms with Crippen molar-refractivity contribution in [2.45, 2.75) is 6.92 Å². The minimum Gasteiger partial charge on any atom is -0.497 e. The second-order valence-electron chi connectivity index (χ2n) is 8.44. The van der Waals surface area contributed by atoms with Gasteiger partial charge in [-0.25, -0.2) is 0 Å². The molecule has 0 spiro atoms. The number of carbonyl (C=O) groups excluding carboxylic acids is 1.